The minimum absolute atomic E-state index is 0.114. The third-order valence-electron chi connectivity index (χ3n) is 1.55. The molecule has 0 amide bonds. The van der Waals surface area contributed by atoms with E-state index in [1.165, 1.54) is 0 Å². The molecule has 0 saturated heterocycles. The average Bonchev–Trinajstić information content (AvgIpc) is 2.18. The highest BCUT2D eigenvalue weighted by atomic mass is 16.5. The van der Waals surface area contributed by atoms with Crippen LogP contribution in [-0.4, -0.2) is 28.3 Å². The first-order chi connectivity index (χ1) is 6.27. The average molecular weight is 183 g/mol. The number of aromatic nitrogens is 2. The molecule has 72 valence electrons. The maximum Gasteiger partial charge on any atom is 0.316 e. The zero-order valence-corrected chi connectivity index (χ0v) is 7.47. The predicted molar refractivity (Wildman–Crippen MR) is 47.2 cm³/mol. The smallest absolute Gasteiger partial charge is 0.316 e. The minimum Gasteiger partial charge on any atom is -0.464 e. The van der Waals surface area contributed by atoms with Gasteiger partial charge in [-0.15, -0.1) is 0 Å². The summed E-state index contributed by atoms with van der Waals surface area (Å²) in [5, 5.41) is 8.75. The highest BCUT2D eigenvalue weighted by molar-refractivity contribution is 5.11. The fraction of sp³-hybridized carbons (Fsp3) is 0.500. The maximum absolute atomic E-state index is 8.75. The van der Waals surface area contributed by atoms with E-state index in [0.29, 0.717) is 18.2 Å². The SMILES string of the molecule is CCOc1ncc(C(N)CO)cn1. The molecular weight excluding hydrogens is 170 g/mol. The van der Waals surface area contributed by atoms with Crippen LogP contribution in [0.4, 0.5) is 0 Å². The van der Waals surface area contributed by atoms with Gasteiger partial charge in [-0.25, -0.2) is 9.97 Å². The van der Waals surface area contributed by atoms with Crippen molar-refractivity contribution in [1.29, 1.82) is 0 Å². The van der Waals surface area contributed by atoms with Gasteiger partial charge >= 0.3 is 6.01 Å². The van der Waals surface area contributed by atoms with E-state index in [9.17, 15) is 0 Å². The van der Waals surface area contributed by atoms with Crippen LogP contribution in [0, 0.1) is 0 Å². The second-order valence-corrected chi connectivity index (χ2v) is 2.52. The highest BCUT2D eigenvalue weighted by Crippen LogP contribution is 2.08. The standard InChI is InChI=1S/C8H13N3O2/c1-2-13-8-10-3-6(4-11-8)7(9)5-12/h3-4,7,12H,2,5,9H2,1H3. The monoisotopic (exact) mass is 183 g/mol. The first kappa shape index (κ1) is 9.88. The molecule has 0 radical (unpaired) electrons. The van der Waals surface area contributed by atoms with Crippen molar-refractivity contribution in [3.63, 3.8) is 0 Å². The number of hydrogen-bond acceptors (Lipinski definition) is 5. The highest BCUT2D eigenvalue weighted by Gasteiger charge is 2.05. The van der Waals surface area contributed by atoms with E-state index in [0.717, 1.165) is 0 Å². The molecule has 5 heteroatoms. The second-order valence-electron chi connectivity index (χ2n) is 2.52. The van der Waals surface area contributed by atoms with Crippen molar-refractivity contribution in [2.24, 2.45) is 5.73 Å². The fourth-order valence-electron chi connectivity index (χ4n) is 0.827. The summed E-state index contributed by atoms with van der Waals surface area (Å²) in [6.45, 7) is 2.28. The lowest BCUT2D eigenvalue weighted by atomic mass is 10.2. The molecule has 1 unspecified atom stereocenters. The molecule has 1 aromatic rings. The topological polar surface area (TPSA) is 81.3 Å². The third-order valence-corrected chi connectivity index (χ3v) is 1.55. The van der Waals surface area contributed by atoms with Crippen molar-refractivity contribution >= 4 is 0 Å². The molecule has 3 N–H and O–H groups in total. The first-order valence-corrected chi connectivity index (χ1v) is 4.09. The molecule has 0 bridgehead atoms. The van der Waals surface area contributed by atoms with Gasteiger partial charge in [0.25, 0.3) is 0 Å². The molecule has 0 spiro atoms. The van der Waals surface area contributed by atoms with E-state index < -0.39 is 6.04 Å². The summed E-state index contributed by atoms with van der Waals surface area (Å²) in [4.78, 5) is 7.83. The molecule has 0 aliphatic heterocycles. The number of nitrogens with zero attached hydrogens (tertiary/aromatic N) is 2. The Bertz CT molecular complexity index is 250. The van der Waals surface area contributed by atoms with Gasteiger partial charge in [-0.05, 0) is 6.92 Å². The first-order valence-electron chi connectivity index (χ1n) is 4.09. The molecule has 5 nitrogen and oxygen atoms in total. The second kappa shape index (κ2) is 4.74. The van der Waals surface area contributed by atoms with Gasteiger partial charge in [-0.2, -0.15) is 0 Å². The summed E-state index contributed by atoms with van der Waals surface area (Å²) in [5.41, 5.74) is 6.25. The number of nitrogens with two attached hydrogens (primary N) is 1. The Morgan fingerprint density at radius 3 is 2.62 bits per heavy atom. The maximum atomic E-state index is 8.75. The Hall–Kier alpha value is -1.20. The zero-order valence-electron chi connectivity index (χ0n) is 7.47. The molecule has 1 heterocycles. The van der Waals surface area contributed by atoms with E-state index in [1.54, 1.807) is 12.4 Å². The Morgan fingerprint density at radius 2 is 2.15 bits per heavy atom. The van der Waals surface area contributed by atoms with Crippen molar-refractivity contribution in [3.05, 3.63) is 18.0 Å². The minimum atomic E-state index is -0.421. The molecule has 0 fully saturated rings. The van der Waals surface area contributed by atoms with E-state index in [1.807, 2.05) is 6.92 Å². The molecule has 0 aliphatic rings. The van der Waals surface area contributed by atoms with E-state index >= 15 is 0 Å². The molecule has 0 aliphatic carbocycles. The normalized spacial score (nSPS) is 12.5. The summed E-state index contributed by atoms with van der Waals surface area (Å²) in [5.74, 6) is 0. The molecule has 1 aromatic heterocycles. The molecule has 13 heavy (non-hydrogen) atoms. The lowest BCUT2D eigenvalue weighted by Gasteiger charge is -2.07. The van der Waals surface area contributed by atoms with E-state index in [4.69, 9.17) is 15.6 Å². The lowest BCUT2D eigenvalue weighted by molar-refractivity contribution is 0.266. The molecular formula is C8H13N3O2. The van der Waals surface area contributed by atoms with Gasteiger partial charge in [0.2, 0.25) is 0 Å². The van der Waals surface area contributed by atoms with Crippen LogP contribution in [-0.2, 0) is 0 Å². The van der Waals surface area contributed by atoms with E-state index in [-0.39, 0.29) is 6.61 Å². The number of aliphatic hydroxyl groups is 1. The van der Waals surface area contributed by atoms with Crippen molar-refractivity contribution in [3.8, 4) is 6.01 Å². The van der Waals surface area contributed by atoms with Gasteiger partial charge in [0.15, 0.2) is 0 Å². The van der Waals surface area contributed by atoms with Crippen LogP contribution in [0.25, 0.3) is 0 Å². The van der Waals surface area contributed by atoms with Crippen LogP contribution in [0.3, 0.4) is 0 Å². The lowest BCUT2D eigenvalue weighted by Crippen LogP contribution is -2.15. The van der Waals surface area contributed by atoms with Gasteiger partial charge in [-0.3, -0.25) is 0 Å². The van der Waals surface area contributed by atoms with Crippen LogP contribution in [0.15, 0.2) is 12.4 Å². The van der Waals surface area contributed by atoms with Gasteiger partial charge < -0.3 is 15.6 Å². The molecule has 1 atom stereocenters. The number of hydrogen-bond donors (Lipinski definition) is 2. The van der Waals surface area contributed by atoms with Crippen molar-refractivity contribution < 1.29 is 9.84 Å². The fourth-order valence-corrected chi connectivity index (χ4v) is 0.827. The van der Waals surface area contributed by atoms with Crippen molar-refractivity contribution in [1.82, 2.24) is 9.97 Å². The molecule has 0 saturated carbocycles. The molecule has 0 aromatic carbocycles. The van der Waals surface area contributed by atoms with Gasteiger partial charge in [0.1, 0.15) is 0 Å². The quantitative estimate of drug-likeness (QED) is 0.679. The summed E-state index contributed by atoms with van der Waals surface area (Å²) in [6, 6.07) is -0.0907. The Kier molecular flexibility index (Phi) is 3.60. The van der Waals surface area contributed by atoms with Gasteiger partial charge in [0.05, 0.1) is 19.3 Å². The summed E-state index contributed by atoms with van der Waals surface area (Å²) in [6.07, 6.45) is 3.11. The third kappa shape index (κ3) is 2.64. The number of ether oxygens (including phenoxy) is 1. The summed E-state index contributed by atoms with van der Waals surface area (Å²) in [7, 11) is 0. The Morgan fingerprint density at radius 1 is 1.54 bits per heavy atom. The van der Waals surface area contributed by atoms with Crippen LogP contribution in [0.1, 0.15) is 18.5 Å². The summed E-state index contributed by atoms with van der Waals surface area (Å²) >= 11 is 0. The predicted octanol–water partition coefficient (Wildman–Crippen LogP) is -0.133. The van der Waals surface area contributed by atoms with Gasteiger partial charge in [0, 0.05) is 18.0 Å². The Balaban J connectivity index is 2.69. The largest absolute Gasteiger partial charge is 0.464 e. The van der Waals surface area contributed by atoms with Crippen LogP contribution >= 0.6 is 0 Å². The van der Waals surface area contributed by atoms with Crippen molar-refractivity contribution in [2.75, 3.05) is 13.2 Å². The van der Waals surface area contributed by atoms with Crippen LogP contribution < -0.4 is 10.5 Å². The van der Waals surface area contributed by atoms with E-state index in [2.05, 4.69) is 9.97 Å². The van der Waals surface area contributed by atoms with Crippen LogP contribution in [0.2, 0.25) is 0 Å². The zero-order chi connectivity index (χ0) is 9.68. The number of rotatable bonds is 4. The summed E-state index contributed by atoms with van der Waals surface area (Å²) < 4.78 is 5.05. The van der Waals surface area contributed by atoms with Crippen LogP contribution in [0.5, 0.6) is 6.01 Å². The van der Waals surface area contributed by atoms with Gasteiger partial charge in [-0.1, -0.05) is 0 Å². The Labute approximate surface area is 76.6 Å². The molecule has 1 rings (SSSR count). The van der Waals surface area contributed by atoms with Crippen molar-refractivity contribution in [2.45, 2.75) is 13.0 Å². The number of aliphatic hydroxyl groups excluding tert-OH is 1.